The van der Waals surface area contributed by atoms with Crippen LogP contribution in [0.2, 0.25) is 0 Å². The van der Waals surface area contributed by atoms with Crippen LogP contribution in [-0.4, -0.2) is 46.0 Å². The molecule has 0 aliphatic heterocycles. The molecule has 3 amide bonds. The lowest BCUT2D eigenvalue weighted by Crippen LogP contribution is -2.61. The molecule has 212 valence electrons. The van der Waals surface area contributed by atoms with E-state index in [0.29, 0.717) is 12.0 Å². The summed E-state index contributed by atoms with van der Waals surface area (Å²) in [6.45, 7) is 18.9. The number of nitrogens with one attached hydrogen (secondary N) is 2. The molecule has 1 aromatic carbocycles. The zero-order valence-electron chi connectivity index (χ0n) is 24.7. The molecule has 2 N–H and O–H groups in total. The second-order valence-electron chi connectivity index (χ2n) is 12.4. The van der Waals surface area contributed by atoms with Crippen molar-refractivity contribution in [1.29, 1.82) is 0 Å². The van der Waals surface area contributed by atoms with Crippen LogP contribution in [0.3, 0.4) is 0 Å². The van der Waals surface area contributed by atoms with Gasteiger partial charge in [-0.15, -0.1) is 0 Å². The highest BCUT2D eigenvalue weighted by Gasteiger charge is 2.44. The Bertz CT molecular complexity index is 974. The van der Waals surface area contributed by atoms with Crippen molar-refractivity contribution in [2.24, 2.45) is 5.92 Å². The quantitative estimate of drug-likeness (QED) is 0.369. The van der Waals surface area contributed by atoms with Gasteiger partial charge in [-0.05, 0) is 77.0 Å². The molecule has 1 saturated carbocycles. The van der Waals surface area contributed by atoms with Gasteiger partial charge in [0.05, 0.1) is 0 Å². The highest BCUT2D eigenvalue weighted by Crippen LogP contribution is 2.34. The number of nitrogens with zero attached hydrogens (tertiary/aromatic N) is 1. The van der Waals surface area contributed by atoms with Crippen molar-refractivity contribution in [1.82, 2.24) is 15.5 Å². The lowest BCUT2D eigenvalue weighted by atomic mass is 9.89. The molecule has 38 heavy (non-hydrogen) atoms. The van der Waals surface area contributed by atoms with Gasteiger partial charge in [0.1, 0.15) is 17.7 Å². The summed E-state index contributed by atoms with van der Waals surface area (Å²) >= 11 is 0. The van der Waals surface area contributed by atoms with Gasteiger partial charge in [0.2, 0.25) is 11.8 Å². The Morgan fingerprint density at radius 1 is 1.11 bits per heavy atom. The average molecular weight is 528 g/mol. The summed E-state index contributed by atoms with van der Waals surface area (Å²) in [4.78, 5) is 42.9. The van der Waals surface area contributed by atoms with Gasteiger partial charge in [0.25, 0.3) is 0 Å². The lowest BCUT2D eigenvalue weighted by Gasteiger charge is -2.45. The van der Waals surface area contributed by atoms with Crippen LogP contribution in [0.25, 0.3) is 6.08 Å². The van der Waals surface area contributed by atoms with Gasteiger partial charge < -0.3 is 20.3 Å². The minimum absolute atomic E-state index is 0.0869. The van der Waals surface area contributed by atoms with E-state index in [-0.39, 0.29) is 23.8 Å². The first-order valence-electron chi connectivity index (χ1n) is 14.1. The molecule has 1 fully saturated rings. The zero-order chi connectivity index (χ0) is 28.7. The van der Waals surface area contributed by atoms with Crippen LogP contribution in [0.4, 0.5) is 4.79 Å². The molecular weight excluding hydrogens is 478 g/mol. The predicted octanol–water partition coefficient (Wildman–Crippen LogP) is 6.39. The van der Waals surface area contributed by atoms with E-state index in [0.717, 1.165) is 31.2 Å². The first-order valence-corrected chi connectivity index (χ1v) is 14.1. The number of hydrogen-bond donors (Lipinski definition) is 2. The molecule has 0 radical (unpaired) electrons. The van der Waals surface area contributed by atoms with Crippen LogP contribution in [-0.2, 0) is 14.3 Å². The Labute approximate surface area is 229 Å². The predicted molar refractivity (Wildman–Crippen MR) is 154 cm³/mol. The van der Waals surface area contributed by atoms with E-state index >= 15 is 0 Å². The standard InChI is InChI=1S/C31H49N3O4/c1-10-22-16-15-17-23(20-22)26(27(35)32-24-18-13-12-14-19-24)34(31(8,9)11-2)28(36)25(21(3)4)33-29(37)38-30(5,6)7/h10,15-17,20-21,24-26H,1,11-14,18-19H2,2-9H3,(H,32,35)(H,33,37). The normalized spacial score (nSPS) is 16.3. The number of ether oxygens (including phenoxy) is 1. The number of carbonyl (C=O) groups is 3. The van der Waals surface area contributed by atoms with Crippen LogP contribution < -0.4 is 10.6 Å². The van der Waals surface area contributed by atoms with E-state index in [1.165, 1.54) is 6.42 Å². The molecule has 2 unspecified atom stereocenters. The Morgan fingerprint density at radius 3 is 2.26 bits per heavy atom. The molecule has 1 aromatic rings. The van der Waals surface area contributed by atoms with Crippen molar-refractivity contribution in [3.05, 3.63) is 42.0 Å². The Kier molecular flexibility index (Phi) is 11.0. The highest BCUT2D eigenvalue weighted by atomic mass is 16.6. The summed E-state index contributed by atoms with van der Waals surface area (Å²) < 4.78 is 5.47. The number of alkyl carbamates (subject to hydrolysis) is 1. The Hall–Kier alpha value is -2.83. The van der Waals surface area contributed by atoms with E-state index in [1.807, 2.05) is 58.9 Å². The summed E-state index contributed by atoms with van der Waals surface area (Å²) in [6, 6.07) is 5.94. The van der Waals surface area contributed by atoms with Gasteiger partial charge in [0.15, 0.2) is 0 Å². The average Bonchev–Trinajstić information content (AvgIpc) is 2.84. The Balaban J connectivity index is 2.58. The molecule has 7 nitrogen and oxygen atoms in total. The van der Waals surface area contributed by atoms with Gasteiger partial charge in [-0.25, -0.2) is 4.79 Å². The molecule has 0 spiro atoms. The minimum Gasteiger partial charge on any atom is -0.444 e. The van der Waals surface area contributed by atoms with Gasteiger partial charge in [-0.2, -0.15) is 0 Å². The van der Waals surface area contributed by atoms with Crippen molar-refractivity contribution in [2.45, 2.75) is 123 Å². The maximum Gasteiger partial charge on any atom is 0.408 e. The molecule has 0 saturated heterocycles. The van der Waals surface area contributed by atoms with Gasteiger partial charge in [0, 0.05) is 11.6 Å². The second kappa shape index (κ2) is 13.3. The molecule has 2 rings (SSSR count). The van der Waals surface area contributed by atoms with E-state index in [9.17, 15) is 14.4 Å². The third-order valence-corrected chi connectivity index (χ3v) is 7.28. The molecular formula is C31H49N3O4. The van der Waals surface area contributed by atoms with Gasteiger partial charge >= 0.3 is 6.09 Å². The minimum atomic E-state index is -0.874. The summed E-state index contributed by atoms with van der Waals surface area (Å²) in [6.07, 6.45) is 6.91. The molecule has 0 aromatic heterocycles. The topological polar surface area (TPSA) is 87.7 Å². The third-order valence-electron chi connectivity index (χ3n) is 7.28. The van der Waals surface area contributed by atoms with Crippen LogP contribution in [0, 0.1) is 5.92 Å². The Morgan fingerprint density at radius 2 is 1.74 bits per heavy atom. The van der Waals surface area contributed by atoms with Crippen molar-refractivity contribution < 1.29 is 19.1 Å². The van der Waals surface area contributed by atoms with Crippen molar-refractivity contribution in [3.8, 4) is 0 Å². The number of hydrogen-bond acceptors (Lipinski definition) is 4. The van der Waals surface area contributed by atoms with E-state index < -0.39 is 29.3 Å². The maximum absolute atomic E-state index is 14.4. The van der Waals surface area contributed by atoms with Crippen molar-refractivity contribution >= 4 is 24.0 Å². The smallest absolute Gasteiger partial charge is 0.408 e. The second-order valence-corrected chi connectivity index (χ2v) is 12.4. The first-order chi connectivity index (χ1) is 17.7. The van der Waals surface area contributed by atoms with E-state index in [1.54, 1.807) is 31.7 Å². The summed E-state index contributed by atoms with van der Waals surface area (Å²) in [5.41, 5.74) is 0.195. The molecule has 2 atom stereocenters. The third kappa shape index (κ3) is 8.60. The van der Waals surface area contributed by atoms with Crippen molar-refractivity contribution in [3.63, 3.8) is 0 Å². The SMILES string of the molecule is C=Cc1cccc(C(C(=O)NC2CCCCC2)N(C(=O)C(NC(=O)OC(C)(C)C)C(C)C)C(C)(C)CC)c1. The number of carbonyl (C=O) groups excluding carboxylic acids is 3. The molecule has 0 heterocycles. The summed E-state index contributed by atoms with van der Waals surface area (Å²) in [5.74, 6) is -0.745. The maximum atomic E-state index is 14.4. The van der Waals surface area contributed by atoms with E-state index in [4.69, 9.17) is 4.74 Å². The fourth-order valence-corrected chi connectivity index (χ4v) is 4.84. The number of benzene rings is 1. The summed E-state index contributed by atoms with van der Waals surface area (Å²) in [7, 11) is 0. The molecule has 1 aliphatic carbocycles. The molecule has 1 aliphatic rings. The van der Waals surface area contributed by atoms with Crippen molar-refractivity contribution in [2.75, 3.05) is 0 Å². The van der Waals surface area contributed by atoms with Gasteiger partial charge in [-0.3, -0.25) is 9.59 Å². The van der Waals surface area contributed by atoms with Gasteiger partial charge in [-0.1, -0.05) is 70.9 Å². The summed E-state index contributed by atoms with van der Waals surface area (Å²) in [5, 5.41) is 6.05. The van der Waals surface area contributed by atoms with E-state index in [2.05, 4.69) is 17.2 Å². The fourth-order valence-electron chi connectivity index (χ4n) is 4.84. The molecule has 7 heteroatoms. The van der Waals surface area contributed by atoms with Crippen LogP contribution in [0.1, 0.15) is 111 Å². The highest BCUT2D eigenvalue weighted by molar-refractivity contribution is 5.93. The van der Waals surface area contributed by atoms with Crippen LogP contribution >= 0.6 is 0 Å². The monoisotopic (exact) mass is 527 g/mol. The first kappa shape index (κ1) is 31.4. The largest absolute Gasteiger partial charge is 0.444 e. The van der Waals surface area contributed by atoms with Crippen LogP contribution in [0.15, 0.2) is 30.8 Å². The number of rotatable bonds is 10. The zero-order valence-corrected chi connectivity index (χ0v) is 24.7. The fraction of sp³-hybridized carbons (Fsp3) is 0.645. The molecule has 0 bridgehead atoms. The number of amides is 3. The van der Waals surface area contributed by atoms with Crippen LogP contribution in [0.5, 0.6) is 0 Å². The lowest BCUT2D eigenvalue weighted by molar-refractivity contribution is -0.150.